The quantitative estimate of drug-likeness (QED) is 0.536. The Morgan fingerprint density at radius 3 is 2.63 bits per heavy atom. The van der Waals surface area contributed by atoms with Crippen LogP contribution in [-0.2, 0) is 6.54 Å². The first-order valence-electron chi connectivity index (χ1n) is 8.71. The van der Waals surface area contributed by atoms with Crippen LogP contribution in [0.4, 0.5) is 0 Å². The highest BCUT2D eigenvalue weighted by Gasteiger charge is 2.17. The van der Waals surface area contributed by atoms with Crippen molar-refractivity contribution in [1.82, 2.24) is 24.7 Å². The summed E-state index contributed by atoms with van der Waals surface area (Å²) in [5, 5.41) is 9.88. The number of fused-ring (bicyclic) bond motifs is 1. The summed E-state index contributed by atoms with van der Waals surface area (Å²) in [6.07, 6.45) is 0. The van der Waals surface area contributed by atoms with Crippen molar-refractivity contribution in [2.75, 3.05) is 0 Å². The number of nitrogens with one attached hydrogen (secondary N) is 1. The fraction of sp³-hybridized carbons (Fsp3) is 0.200. The first-order chi connectivity index (χ1) is 13.1. The van der Waals surface area contributed by atoms with Crippen molar-refractivity contribution in [2.24, 2.45) is 0 Å². The van der Waals surface area contributed by atoms with Gasteiger partial charge in [-0.2, -0.15) is 0 Å². The summed E-state index contributed by atoms with van der Waals surface area (Å²) in [6, 6.07) is 17.6. The number of aromatic nitrogens is 5. The van der Waals surface area contributed by atoms with Gasteiger partial charge in [0.1, 0.15) is 11.6 Å². The van der Waals surface area contributed by atoms with E-state index in [-0.39, 0.29) is 10.8 Å². The molecule has 2 aromatic carbocycles. The zero-order valence-corrected chi connectivity index (χ0v) is 15.9. The zero-order chi connectivity index (χ0) is 18.8. The zero-order valence-electron chi connectivity index (χ0n) is 15.1. The lowest BCUT2D eigenvalue weighted by atomic mass is 10.2. The molecule has 0 aliphatic rings. The molecule has 1 N–H and O–H groups in total. The second-order valence-electron chi connectivity index (χ2n) is 6.33. The predicted octanol–water partition coefficient (Wildman–Crippen LogP) is 3.72. The maximum Gasteiger partial charge on any atom is 0.258 e. The minimum Gasteiger partial charge on any atom is -0.309 e. The molecular formula is C20H19N5OS. The Morgan fingerprint density at radius 2 is 1.81 bits per heavy atom. The van der Waals surface area contributed by atoms with Crippen molar-refractivity contribution in [1.29, 1.82) is 0 Å². The van der Waals surface area contributed by atoms with Gasteiger partial charge in [-0.3, -0.25) is 4.79 Å². The smallest absolute Gasteiger partial charge is 0.258 e. The van der Waals surface area contributed by atoms with Crippen LogP contribution in [0.1, 0.15) is 29.4 Å². The average Bonchev–Trinajstić information content (AvgIpc) is 3.02. The summed E-state index contributed by atoms with van der Waals surface area (Å²) in [4.78, 5) is 19.9. The molecular weight excluding hydrogens is 358 g/mol. The number of H-pyrrole nitrogens is 1. The molecule has 2 aromatic heterocycles. The van der Waals surface area contributed by atoms with Crippen LogP contribution in [0.5, 0.6) is 0 Å². The molecule has 0 unspecified atom stereocenters. The Hall–Kier alpha value is -2.93. The van der Waals surface area contributed by atoms with Gasteiger partial charge in [-0.25, -0.2) is 4.98 Å². The molecule has 0 amide bonds. The summed E-state index contributed by atoms with van der Waals surface area (Å²) in [5.41, 5.74) is 1.77. The van der Waals surface area contributed by atoms with Gasteiger partial charge in [0.05, 0.1) is 22.7 Å². The number of rotatable bonds is 5. The Kier molecular flexibility index (Phi) is 4.77. The topological polar surface area (TPSA) is 76.5 Å². The van der Waals surface area contributed by atoms with Gasteiger partial charge < -0.3 is 9.55 Å². The maximum absolute atomic E-state index is 12.3. The van der Waals surface area contributed by atoms with Crippen LogP contribution in [0.2, 0.25) is 0 Å². The van der Waals surface area contributed by atoms with E-state index >= 15 is 0 Å². The normalized spacial score (nSPS) is 12.4. The van der Waals surface area contributed by atoms with Gasteiger partial charge in [-0.1, -0.05) is 54.2 Å². The molecule has 2 heterocycles. The largest absolute Gasteiger partial charge is 0.309 e. The molecule has 0 aliphatic heterocycles. The van der Waals surface area contributed by atoms with Crippen molar-refractivity contribution < 1.29 is 0 Å². The van der Waals surface area contributed by atoms with Crippen molar-refractivity contribution in [3.05, 3.63) is 82.2 Å². The predicted molar refractivity (Wildman–Crippen MR) is 107 cm³/mol. The summed E-state index contributed by atoms with van der Waals surface area (Å²) >= 11 is 1.54. The van der Waals surface area contributed by atoms with Gasteiger partial charge in [-0.05, 0) is 31.5 Å². The van der Waals surface area contributed by atoms with E-state index in [9.17, 15) is 4.79 Å². The Balaban J connectivity index is 1.62. The van der Waals surface area contributed by atoms with Crippen LogP contribution >= 0.6 is 11.8 Å². The lowest BCUT2D eigenvalue weighted by Crippen LogP contribution is -2.13. The van der Waals surface area contributed by atoms with Crippen LogP contribution in [-0.4, -0.2) is 24.7 Å². The van der Waals surface area contributed by atoms with Crippen molar-refractivity contribution in [3.8, 4) is 0 Å². The number of thioether (sulfide) groups is 1. The molecule has 4 rings (SSSR count). The molecule has 0 fully saturated rings. The monoisotopic (exact) mass is 377 g/mol. The van der Waals surface area contributed by atoms with Gasteiger partial charge in [0, 0.05) is 0 Å². The van der Waals surface area contributed by atoms with Crippen LogP contribution in [0.3, 0.4) is 0 Å². The van der Waals surface area contributed by atoms with E-state index in [1.54, 1.807) is 6.07 Å². The summed E-state index contributed by atoms with van der Waals surface area (Å²) in [6.45, 7) is 4.66. The van der Waals surface area contributed by atoms with E-state index < -0.39 is 0 Å². The molecule has 0 bridgehead atoms. The van der Waals surface area contributed by atoms with Gasteiger partial charge in [0.15, 0.2) is 5.16 Å². The highest BCUT2D eigenvalue weighted by Crippen LogP contribution is 2.32. The second kappa shape index (κ2) is 7.36. The van der Waals surface area contributed by atoms with E-state index in [1.807, 2.05) is 50.2 Å². The third-order valence-electron chi connectivity index (χ3n) is 4.38. The van der Waals surface area contributed by atoms with Gasteiger partial charge in [0.25, 0.3) is 5.56 Å². The molecule has 6 nitrogen and oxygen atoms in total. The summed E-state index contributed by atoms with van der Waals surface area (Å²) in [5.74, 6) is 1.49. The van der Waals surface area contributed by atoms with E-state index in [0.29, 0.717) is 23.3 Å². The van der Waals surface area contributed by atoms with E-state index in [4.69, 9.17) is 0 Å². The van der Waals surface area contributed by atoms with Crippen molar-refractivity contribution >= 4 is 22.7 Å². The van der Waals surface area contributed by atoms with Crippen molar-refractivity contribution in [3.63, 3.8) is 0 Å². The molecule has 27 heavy (non-hydrogen) atoms. The number of hydrogen-bond acceptors (Lipinski definition) is 5. The minimum atomic E-state index is -0.120. The minimum absolute atomic E-state index is 0.0690. The molecule has 7 heteroatoms. The average molecular weight is 377 g/mol. The maximum atomic E-state index is 12.3. The highest BCUT2D eigenvalue weighted by molar-refractivity contribution is 7.99. The Morgan fingerprint density at radius 1 is 1.07 bits per heavy atom. The second-order valence-corrected chi connectivity index (χ2v) is 7.64. The number of hydrogen-bond donors (Lipinski definition) is 1. The van der Waals surface area contributed by atoms with E-state index in [0.717, 1.165) is 11.0 Å². The Bertz CT molecular complexity index is 1140. The van der Waals surface area contributed by atoms with Crippen LogP contribution in [0.15, 0.2) is 64.5 Å². The molecule has 0 aliphatic carbocycles. The standard InChI is InChI=1S/C20H19N5OS/c1-13(18-21-17-11-7-6-10-16(17)19(26)22-18)27-20-24-23-14(2)25(20)12-15-8-4-3-5-9-15/h3-11,13H,12H2,1-2H3,(H,21,22,26)/t13-/m0/s1. The first kappa shape index (κ1) is 17.5. The third kappa shape index (κ3) is 3.64. The van der Waals surface area contributed by atoms with Crippen LogP contribution in [0, 0.1) is 6.92 Å². The number of benzene rings is 2. The lowest BCUT2D eigenvalue weighted by molar-refractivity contribution is 0.686. The number of para-hydroxylation sites is 1. The third-order valence-corrected chi connectivity index (χ3v) is 5.47. The van der Waals surface area contributed by atoms with Gasteiger partial charge in [-0.15, -0.1) is 10.2 Å². The molecule has 0 saturated carbocycles. The van der Waals surface area contributed by atoms with E-state index in [2.05, 4.69) is 36.9 Å². The molecule has 0 saturated heterocycles. The molecule has 0 radical (unpaired) electrons. The lowest BCUT2D eigenvalue weighted by Gasteiger charge is -2.13. The van der Waals surface area contributed by atoms with Gasteiger partial charge in [0.2, 0.25) is 0 Å². The molecule has 4 aromatic rings. The van der Waals surface area contributed by atoms with Crippen LogP contribution < -0.4 is 5.56 Å². The van der Waals surface area contributed by atoms with Gasteiger partial charge >= 0.3 is 0 Å². The highest BCUT2D eigenvalue weighted by atomic mass is 32.2. The number of aromatic amines is 1. The summed E-state index contributed by atoms with van der Waals surface area (Å²) in [7, 11) is 0. The fourth-order valence-electron chi connectivity index (χ4n) is 2.91. The molecule has 0 spiro atoms. The number of nitrogens with zero attached hydrogens (tertiary/aromatic N) is 4. The SMILES string of the molecule is Cc1nnc(S[C@@H](C)c2nc3ccccc3c(=O)[nH]2)n1Cc1ccccc1. The Labute approximate surface area is 160 Å². The van der Waals surface area contributed by atoms with Crippen LogP contribution in [0.25, 0.3) is 10.9 Å². The fourth-order valence-corrected chi connectivity index (χ4v) is 3.86. The first-order valence-corrected chi connectivity index (χ1v) is 9.59. The molecule has 1 atom stereocenters. The molecule has 136 valence electrons. The van der Waals surface area contributed by atoms with Crippen molar-refractivity contribution in [2.45, 2.75) is 30.8 Å². The summed E-state index contributed by atoms with van der Waals surface area (Å²) < 4.78 is 2.08. The number of aryl methyl sites for hydroxylation is 1. The van der Waals surface area contributed by atoms with E-state index in [1.165, 1.54) is 17.3 Å².